The highest BCUT2D eigenvalue weighted by Crippen LogP contribution is 2.16. The van der Waals surface area contributed by atoms with Gasteiger partial charge in [-0.15, -0.1) is 0 Å². The predicted octanol–water partition coefficient (Wildman–Crippen LogP) is -0.127. The first-order valence-corrected chi connectivity index (χ1v) is 8.96. The second kappa shape index (κ2) is 7.51. The third kappa shape index (κ3) is 3.93. The molecule has 0 saturated carbocycles. The second-order valence-corrected chi connectivity index (χ2v) is 7.32. The number of rotatable bonds is 5. The monoisotopic (exact) mass is 316 g/mol. The Balaban J connectivity index is 1.92. The summed E-state index contributed by atoms with van der Waals surface area (Å²) in [5.41, 5.74) is 0. The number of piperazine rings is 1. The molecule has 0 bridgehead atoms. The van der Waals surface area contributed by atoms with Crippen LogP contribution in [0.5, 0.6) is 0 Å². The Morgan fingerprint density at radius 1 is 1.10 bits per heavy atom. The van der Waals surface area contributed by atoms with Gasteiger partial charge in [-0.2, -0.15) is 22.3 Å². The average molecular weight is 316 g/mol. The molecule has 2 heterocycles. The Morgan fingerprint density at radius 3 is 2.19 bits per heavy atom. The Morgan fingerprint density at radius 2 is 1.67 bits per heavy atom. The molecule has 0 aliphatic carbocycles. The Labute approximate surface area is 127 Å². The van der Waals surface area contributed by atoms with Gasteiger partial charge in [0.15, 0.2) is 0 Å². The van der Waals surface area contributed by atoms with Gasteiger partial charge in [0.1, 0.15) is 0 Å². The van der Waals surface area contributed by atoms with E-state index in [9.17, 15) is 13.7 Å². The molecule has 1 unspecified atom stereocenters. The van der Waals surface area contributed by atoms with Crippen molar-refractivity contribution in [2.24, 2.45) is 0 Å². The molecule has 8 heteroatoms. The van der Waals surface area contributed by atoms with Gasteiger partial charge in [0.05, 0.1) is 25.3 Å². The van der Waals surface area contributed by atoms with E-state index in [4.69, 9.17) is 4.74 Å². The molecule has 2 aliphatic heterocycles. The van der Waals surface area contributed by atoms with Gasteiger partial charge in [-0.3, -0.25) is 4.90 Å². The fourth-order valence-electron chi connectivity index (χ4n) is 2.79. The zero-order valence-corrected chi connectivity index (χ0v) is 13.4. The first-order valence-electron chi connectivity index (χ1n) is 7.56. The molecule has 0 radical (unpaired) electrons. The number of nitriles is 1. The van der Waals surface area contributed by atoms with Crippen LogP contribution in [-0.4, -0.2) is 80.5 Å². The summed E-state index contributed by atoms with van der Waals surface area (Å²) in [6, 6.07) is 2.23. The molecule has 2 rings (SSSR count). The molecule has 0 spiro atoms. The summed E-state index contributed by atoms with van der Waals surface area (Å²) in [7, 11) is -3.38. The highest BCUT2D eigenvalue weighted by Gasteiger charge is 2.34. The van der Waals surface area contributed by atoms with Gasteiger partial charge < -0.3 is 4.74 Å². The number of nitrogens with zero attached hydrogens (tertiary/aromatic N) is 4. The average Bonchev–Trinajstić information content (AvgIpc) is 2.53. The van der Waals surface area contributed by atoms with E-state index in [-0.39, 0.29) is 6.04 Å². The minimum atomic E-state index is -3.38. The molecule has 0 amide bonds. The quantitative estimate of drug-likeness (QED) is 0.706. The third-order valence-electron chi connectivity index (χ3n) is 4.05. The number of hydrogen-bond acceptors (Lipinski definition) is 5. The van der Waals surface area contributed by atoms with E-state index in [0.29, 0.717) is 52.5 Å². The van der Waals surface area contributed by atoms with E-state index in [1.165, 1.54) is 8.61 Å². The smallest absolute Gasteiger partial charge is 0.282 e. The van der Waals surface area contributed by atoms with E-state index in [1.54, 1.807) is 0 Å². The van der Waals surface area contributed by atoms with Crippen LogP contribution in [0.25, 0.3) is 0 Å². The van der Waals surface area contributed by atoms with Gasteiger partial charge in [0, 0.05) is 39.3 Å². The first kappa shape index (κ1) is 16.6. The van der Waals surface area contributed by atoms with Crippen LogP contribution >= 0.6 is 0 Å². The maximum atomic E-state index is 12.5. The molecule has 21 heavy (non-hydrogen) atoms. The van der Waals surface area contributed by atoms with E-state index in [0.717, 1.165) is 12.8 Å². The van der Waals surface area contributed by atoms with Crippen LogP contribution in [0.3, 0.4) is 0 Å². The minimum Gasteiger partial charge on any atom is -0.379 e. The van der Waals surface area contributed by atoms with Crippen molar-refractivity contribution in [3.63, 3.8) is 0 Å². The summed E-state index contributed by atoms with van der Waals surface area (Å²) in [6.07, 6.45) is 1.80. The zero-order chi connectivity index (χ0) is 15.3. The zero-order valence-electron chi connectivity index (χ0n) is 12.6. The lowest BCUT2D eigenvalue weighted by molar-refractivity contribution is 0.0679. The highest BCUT2D eigenvalue weighted by atomic mass is 32.2. The van der Waals surface area contributed by atoms with Crippen molar-refractivity contribution in [2.45, 2.75) is 25.8 Å². The molecule has 0 aromatic heterocycles. The van der Waals surface area contributed by atoms with Crippen LogP contribution in [0.4, 0.5) is 0 Å². The number of morpholine rings is 1. The first-order chi connectivity index (χ1) is 10.1. The van der Waals surface area contributed by atoms with Gasteiger partial charge in [-0.25, -0.2) is 0 Å². The summed E-state index contributed by atoms with van der Waals surface area (Å²) >= 11 is 0. The lowest BCUT2D eigenvalue weighted by Crippen LogP contribution is -2.56. The topological polar surface area (TPSA) is 76.9 Å². The van der Waals surface area contributed by atoms with Crippen LogP contribution in [0.1, 0.15) is 19.8 Å². The van der Waals surface area contributed by atoms with Crippen LogP contribution in [-0.2, 0) is 14.9 Å². The molecule has 7 nitrogen and oxygen atoms in total. The van der Waals surface area contributed by atoms with E-state index >= 15 is 0 Å². The van der Waals surface area contributed by atoms with E-state index in [1.807, 2.05) is 0 Å². The van der Waals surface area contributed by atoms with Crippen LogP contribution in [0, 0.1) is 11.3 Å². The molecule has 0 N–H and O–H groups in total. The van der Waals surface area contributed by atoms with Crippen molar-refractivity contribution in [2.75, 3.05) is 52.5 Å². The van der Waals surface area contributed by atoms with Crippen molar-refractivity contribution in [1.29, 1.82) is 5.26 Å². The lowest BCUT2D eigenvalue weighted by Gasteiger charge is -2.38. The highest BCUT2D eigenvalue weighted by molar-refractivity contribution is 7.86. The van der Waals surface area contributed by atoms with Crippen molar-refractivity contribution in [3.8, 4) is 6.07 Å². The summed E-state index contributed by atoms with van der Waals surface area (Å²) in [5.74, 6) is 0. The largest absolute Gasteiger partial charge is 0.379 e. The van der Waals surface area contributed by atoms with E-state index in [2.05, 4.69) is 17.9 Å². The second-order valence-electron chi connectivity index (χ2n) is 5.39. The lowest BCUT2D eigenvalue weighted by atomic mass is 10.1. The molecular weight excluding hydrogens is 292 g/mol. The molecule has 0 aromatic carbocycles. The van der Waals surface area contributed by atoms with Crippen molar-refractivity contribution >= 4 is 10.2 Å². The van der Waals surface area contributed by atoms with E-state index < -0.39 is 10.2 Å². The third-order valence-corrected chi connectivity index (χ3v) is 6.08. The maximum absolute atomic E-state index is 12.5. The number of ether oxygens (including phenoxy) is 1. The fraction of sp³-hybridized carbons (Fsp3) is 0.923. The van der Waals surface area contributed by atoms with Crippen LogP contribution in [0.15, 0.2) is 0 Å². The molecule has 1 atom stereocenters. The van der Waals surface area contributed by atoms with Gasteiger partial charge in [-0.05, 0) is 6.42 Å². The van der Waals surface area contributed by atoms with Crippen molar-refractivity contribution in [1.82, 2.24) is 13.5 Å². The van der Waals surface area contributed by atoms with Crippen LogP contribution < -0.4 is 0 Å². The van der Waals surface area contributed by atoms with Gasteiger partial charge in [0.2, 0.25) is 0 Å². The maximum Gasteiger partial charge on any atom is 0.282 e. The van der Waals surface area contributed by atoms with Crippen molar-refractivity contribution in [3.05, 3.63) is 0 Å². The predicted molar refractivity (Wildman–Crippen MR) is 78.8 cm³/mol. The van der Waals surface area contributed by atoms with Gasteiger partial charge in [0.25, 0.3) is 10.2 Å². The SMILES string of the molecule is CCCC(C#N)N1CCN(S(=O)(=O)N2CCOCC2)CC1. The Hall–Kier alpha value is -0.720. The van der Waals surface area contributed by atoms with Gasteiger partial charge in [-0.1, -0.05) is 13.3 Å². The summed E-state index contributed by atoms with van der Waals surface area (Å²) in [4.78, 5) is 2.09. The molecular formula is C13H24N4O3S. The van der Waals surface area contributed by atoms with Crippen molar-refractivity contribution < 1.29 is 13.2 Å². The Bertz CT molecular complexity index is 462. The molecule has 120 valence electrons. The minimum absolute atomic E-state index is 0.0942. The molecule has 2 aliphatic rings. The number of hydrogen-bond donors (Lipinski definition) is 0. The molecule has 2 saturated heterocycles. The Kier molecular flexibility index (Phi) is 5.96. The summed E-state index contributed by atoms with van der Waals surface area (Å²) < 4.78 is 33.3. The molecule has 0 aromatic rings. The fourth-order valence-corrected chi connectivity index (χ4v) is 4.35. The summed E-state index contributed by atoms with van der Waals surface area (Å²) in [6.45, 7) is 6.02. The standard InChI is InChI=1S/C13H24N4O3S/c1-2-3-13(12-14)15-4-6-16(7-5-15)21(18,19)17-8-10-20-11-9-17/h13H,2-11H2,1H3. The normalized spacial score (nSPS) is 24.6. The van der Waals surface area contributed by atoms with Crippen LogP contribution in [0.2, 0.25) is 0 Å². The molecule has 2 fully saturated rings. The summed E-state index contributed by atoms with van der Waals surface area (Å²) in [5, 5.41) is 9.19. The van der Waals surface area contributed by atoms with Gasteiger partial charge >= 0.3 is 0 Å².